The van der Waals surface area contributed by atoms with Crippen molar-refractivity contribution in [2.75, 3.05) is 26.4 Å². The molecule has 0 saturated carbocycles. The number of allylic oxidation sites excluding steroid dienone is 1. The Morgan fingerprint density at radius 3 is 1.29 bits per heavy atom. The molecule has 3 heterocycles. The monoisotopic (exact) mass is 1050 g/mol. The molecule has 3 aliphatic rings. The average molecular weight is 1050 g/mol. The van der Waals surface area contributed by atoms with Crippen LogP contribution in [0.2, 0.25) is 0 Å². The van der Waals surface area contributed by atoms with E-state index in [9.17, 15) is 61.0 Å². The maximum Gasteiger partial charge on any atom is 0.220 e. The Hall–Kier alpha value is -1.47. The molecule has 3 saturated heterocycles. The minimum absolute atomic E-state index is 0.246. The number of carbonyl (C=O) groups excluding carboxylic acids is 1. The number of hydrogen-bond donors (Lipinski definition) is 12. The summed E-state index contributed by atoms with van der Waals surface area (Å²) in [6.45, 7) is 1.69. The Labute approximate surface area is 436 Å². The Bertz CT molecular complexity index is 1400. The van der Waals surface area contributed by atoms with Crippen LogP contribution in [-0.2, 0) is 33.2 Å². The fraction of sp³-hybridized carbons (Fsp3) is 0.944. The van der Waals surface area contributed by atoms with Crippen molar-refractivity contribution in [1.29, 1.82) is 0 Å². The van der Waals surface area contributed by atoms with Gasteiger partial charge in [-0.05, 0) is 19.3 Å². The zero-order chi connectivity index (χ0) is 53.4. The van der Waals surface area contributed by atoms with Gasteiger partial charge in [0, 0.05) is 6.42 Å². The number of aliphatic hydroxyl groups is 11. The fourth-order valence-corrected chi connectivity index (χ4v) is 9.84. The molecule has 0 aromatic heterocycles. The number of hydrogen-bond acceptors (Lipinski definition) is 18. The largest absolute Gasteiger partial charge is 0.394 e. The third kappa shape index (κ3) is 24.0. The first-order valence-corrected chi connectivity index (χ1v) is 28.4. The van der Waals surface area contributed by atoms with Crippen LogP contribution in [-0.4, -0.2) is 193 Å². The van der Waals surface area contributed by atoms with E-state index in [2.05, 4.69) is 19.2 Å². The molecule has 0 aliphatic carbocycles. The Kier molecular flexibility index (Phi) is 35.1. The van der Waals surface area contributed by atoms with Gasteiger partial charge in [0.1, 0.15) is 73.2 Å². The van der Waals surface area contributed by atoms with Crippen molar-refractivity contribution < 1.29 is 89.4 Å². The number of aliphatic hydroxyl groups excluding tert-OH is 11. The van der Waals surface area contributed by atoms with Gasteiger partial charge in [-0.25, -0.2) is 0 Å². The van der Waals surface area contributed by atoms with Crippen molar-refractivity contribution >= 4 is 5.91 Å². The number of ether oxygens (including phenoxy) is 6. The molecule has 0 radical (unpaired) electrons. The van der Waals surface area contributed by atoms with Gasteiger partial charge in [0.15, 0.2) is 18.9 Å². The molecule has 0 aromatic rings. The predicted octanol–water partition coefficient (Wildman–Crippen LogP) is 3.82. The van der Waals surface area contributed by atoms with Gasteiger partial charge in [-0.1, -0.05) is 180 Å². The van der Waals surface area contributed by atoms with Gasteiger partial charge in [-0.15, -0.1) is 0 Å². The minimum Gasteiger partial charge on any atom is -0.394 e. The fourth-order valence-electron chi connectivity index (χ4n) is 9.84. The summed E-state index contributed by atoms with van der Waals surface area (Å²) >= 11 is 0. The van der Waals surface area contributed by atoms with E-state index >= 15 is 0 Å². The molecule has 0 bridgehead atoms. The number of amides is 1. The van der Waals surface area contributed by atoms with Gasteiger partial charge in [0.05, 0.1) is 38.6 Å². The smallest absolute Gasteiger partial charge is 0.220 e. The summed E-state index contributed by atoms with van der Waals surface area (Å²) in [5, 5.41) is 120. The molecular formula is C54H101NO18. The third-order valence-electron chi connectivity index (χ3n) is 14.6. The number of nitrogens with one attached hydrogen (secondary N) is 1. The molecule has 0 spiro atoms. The van der Waals surface area contributed by atoms with Crippen molar-refractivity contribution in [3.8, 4) is 0 Å². The van der Waals surface area contributed by atoms with Gasteiger partial charge in [-0.2, -0.15) is 0 Å². The molecule has 12 N–H and O–H groups in total. The summed E-state index contributed by atoms with van der Waals surface area (Å²) in [7, 11) is 0. The maximum absolute atomic E-state index is 13.2. The number of carbonyl (C=O) groups is 1. The molecule has 3 rings (SSSR count). The first kappa shape index (κ1) is 65.8. The van der Waals surface area contributed by atoms with Crippen LogP contribution in [0, 0.1) is 0 Å². The lowest BCUT2D eigenvalue weighted by Crippen LogP contribution is -2.66. The molecule has 17 atom stereocenters. The second-order valence-electron chi connectivity index (χ2n) is 20.8. The van der Waals surface area contributed by atoms with Crippen LogP contribution in [0.5, 0.6) is 0 Å². The highest BCUT2D eigenvalue weighted by atomic mass is 16.8. The Morgan fingerprint density at radius 2 is 0.849 bits per heavy atom. The van der Waals surface area contributed by atoms with Crippen LogP contribution in [0.1, 0.15) is 194 Å². The Balaban J connectivity index is 1.51. The molecule has 0 aromatic carbocycles. The van der Waals surface area contributed by atoms with Crippen LogP contribution in [0.25, 0.3) is 0 Å². The van der Waals surface area contributed by atoms with Crippen molar-refractivity contribution in [3.05, 3.63) is 12.2 Å². The molecule has 19 nitrogen and oxygen atoms in total. The summed E-state index contributed by atoms with van der Waals surface area (Å²) in [6.07, 6.45) is 9.32. The van der Waals surface area contributed by atoms with E-state index in [0.717, 1.165) is 44.9 Å². The van der Waals surface area contributed by atoms with E-state index in [4.69, 9.17) is 28.4 Å². The van der Waals surface area contributed by atoms with Gasteiger partial charge < -0.3 is 89.9 Å². The van der Waals surface area contributed by atoms with Crippen LogP contribution >= 0.6 is 0 Å². The molecule has 1 amide bonds. The highest BCUT2D eigenvalue weighted by molar-refractivity contribution is 5.76. The lowest BCUT2D eigenvalue weighted by molar-refractivity contribution is -0.379. The highest BCUT2D eigenvalue weighted by Crippen LogP contribution is 2.33. The Morgan fingerprint density at radius 1 is 0.479 bits per heavy atom. The molecule has 17 unspecified atom stereocenters. The zero-order valence-electron chi connectivity index (χ0n) is 44.4. The second-order valence-corrected chi connectivity index (χ2v) is 20.8. The first-order chi connectivity index (χ1) is 35.3. The summed E-state index contributed by atoms with van der Waals surface area (Å²) in [6, 6.07) is -0.965. The van der Waals surface area contributed by atoms with Gasteiger partial charge >= 0.3 is 0 Å². The van der Waals surface area contributed by atoms with Crippen molar-refractivity contribution in [3.63, 3.8) is 0 Å². The lowest BCUT2D eigenvalue weighted by atomic mass is 9.96. The highest BCUT2D eigenvalue weighted by Gasteiger charge is 2.53. The summed E-state index contributed by atoms with van der Waals surface area (Å²) in [5.41, 5.74) is 0. The van der Waals surface area contributed by atoms with Crippen molar-refractivity contribution in [1.82, 2.24) is 5.32 Å². The van der Waals surface area contributed by atoms with E-state index in [1.165, 1.54) is 122 Å². The van der Waals surface area contributed by atoms with E-state index < -0.39 is 124 Å². The first-order valence-electron chi connectivity index (χ1n) is 28.4. The van der Waals surface area contributed by atoms with Crippen LogP contribution in [0.4, 0.5) is 0 Å². The van der Waals surface area contributed by atoms with E-state index in [-0.39, 0.29) is 18.9 Å². The average Bonchev–Trinajstić information content (AvgIpc) is 3.39. The summed E-state index contributed by atoms with van der Waals surface area (Å²) in [5.74, 6) is -0.278. The van der Waals surface area contributed by atoms with Crippen molar-refractivity contribution in [2.45, 2.75) is 298 Å². The summed E-state index contributed by atoms with van der Waals surface area (Å²) in [4.78, 5) is 13.2. The van der Waals surface area contributed by atoms with Crippen LogP contribution in [0.3, 0.4) is 0 Å². The standard InChI is InChI=1S/C54H101NO18/c1-3-5-7-9-11-13-14-15-16-17-18-19-20-21-22-24-25-27-29-31-38(59)37(55-42(60)32-30-28-26-23-12-10-8-6-4-2)36-68-52-48(66)45(63)50(40(34-57)70-52)73-54-49(67)46(64)51(41(35-58)71-54)72-53-47(65)44(62)43(61)39(33-56)69-53/h29,31,37-41,43-54,56-59,61-67H,3-28,30,32-36H2,1-2H3,(H,55,60)/b31-29+. The van der Waals surface area contributed by atoms with E-state index in [1.54, 1.807) is 6.08 Å². The van der Waals surface area contributed by atoms with Crippen LogP contribution in [0.15, 0.2) is 12.2 Å². The normalized spacial score (nSPS) is 31.8. The van der Waals surface area contributed by atoms with E-state index in [0.29, 0.717) is 6.42 Å². The van der Waals surface area contributed by atoms with Crippen LogP contribution < -0.4 is 5.32 Å². The number of rotatable bonds is 41. The molecule has 3 aliphatic heterocycles. The number of unbranched alkanes of at least 4 members (excludes halogenated alkanes) is 25. The van der Waals surface area contributed by atoms with Crippen molar-refractivity contribution in [2.24, 2.45) is 0 Å². The summed E-state index contributed by atoms with van der Waals surface area (Å²) < 4.78 is 34.1. The van der Waals surface area contributed by atoms with Gasteiger partial charge in [-0.3, -0.25) is 4.79 Å². The SMILES string of the molecule is CCCCCCCCCCCCCCCCCCC/C=C/C(O)C(COC1OC(CO)C(OC2OC(CO)C(OC3OC(CO)C(O)C(O)C3O)C(O)C2O)C(O)C1O)NC(=O)CCCCCCCCCCC. The zero-order valence-corrected chi connectivity index (χ0v) is 44.4. The van der Waals surface area contributed by atoms with E-state index in [1.807, 2.05) is 6.08 Å². The third-order valence-corrected chi connectivity index (χ3v) is 14.6. The maximum atomic E-state index is 13.2. The molecule has 73 heavy (non-hydrogen) atoms. The molecular weight excluding hydrogens is 951 g/mol. The van der Waals surface area contributed by atoms with Gasteiger partial charge in [0.25, 0.3) is 0 Å². The topological polar surface area (TPSA) is 307 Å². The minimum atomic E-state index is -1.97. The quantitative estimate of drug-likeness (QED) is 0.0306. The van der Waals surface area contributed by atoms with Gasteiger partial charge in [0.2, 0.25) is 5.91 Å². The molecule has 3 fully saturated rings. The second kappa shape index (κ2) is 39.0. The molecule has 19 heteroatoms. The molecule has 430 valence electrons. The predicted molar refractivity (Wildman–Crippen MR) is 273 cm³/mol. The lowest BCUT2D eigenvalue weighted by Gasteiger charge is -2.48.